The summed E-state index contributed by atoms with van der Waals surface area (Å²) >= 11 is 0. The van der Waals surface area contributed by atoms with Crippen molar-refractivity contribution in [3.8, 4) is 22.4 Å². The van der Waals surface area contributed by atoms with Crippen LogP contribution in [0.3, 0.4) is 0 Å². The summed E-state index contributed by atoms with van der Waals surface area (Å²) in [6.45, 7) is 10.2. The summed E-state index contributed by atoms with van der Waals surface area (Å²) in [4.78, 5) is 13.1. The van der Waals surface area contributed by atoms with E-state index >= 15 is 0 Å². The molecular formula is C21H24N2O. The molecule has 3 heteroatoms. The number of H-pyrrole nitrogens is 1. The number of nitrogens with one attached hydrogen (secondary N) is 1. The lowest BCUT2D eigenvalue weighted by Crippen LogP contribution is -2.32. The second kappa shape index (κ2) is 5.82. The quantitative estimate of drug-likeness (QED) is 0.718. The van der Waals surface area contributed by atoms with Gasteiger partial charge in [-0.05, 0) is 40.2 Å². The zero-order valence-corrected chi connectivity index (χ0v) is 15.0. The Balaban J connectivity index is 2.29. The second-order valence-corrected chi connectivity index (χ2v) is 7.41. The van der Waals surface area contributed by atoms with E-state index in [2.05, 4.69) is 43.2 Å². The molecule has 0 aliphatic carbocycles. The Bertz CT molecular complexity index is 904. The zero-order valence-electron chi connectivity index (χ0n) is 15.0. The highest BCUT2D eigenvalue weighted by Gasteiger charge is 2.23. The lowest BCUT2D eigenvalue weighted by molar-refractivity contribution is 0.346. The van der Waals surface area contributed by atoms with Crippen molar-refractivity contribution < 1.29 is 0 Å². The number of aromatic nitrogens is 2. The van der Waals surface area contributed by atoms with E-state index in [1.54, 1.807) is 4.68 Å². The third-order valence-electron chi connectivity index (χ3n) is 4.24. The van der Waals surface area contributed by atoms with Gasteiger partial charge in [-0.15, -0.1) is 0 Å². The monoisotopic (exact) mass is 320 g/mol. The highest BCUT2D eigenvalue weighted by Crippen LogP contribution is 2.30. The molecule has 2 aromatic carbocycles. The van der Waals surface area contributed by atoms with Gasteiger partial charge >= 0.3 is 0 Å². The standard InChI is InChI=1S/C21H24N2O/c1-14-6-10-16(11-7-14)18-19(17-12-8-15(2)9-13-17)22-23(20(18)24)21(3,4)5/h6-13,22H,1-5H3. The van der Waals surface area contributed by atoms with Gasteiger partial charge in [0.05, 0.1) is 16.8 Å². The normalized spacial score (nSPS) is 11.7. The summed E-state index contributed by atoms with van der Waals surface area (Å²) in [7, 11) is 0. The first-order valence-electron chi connectivity index (χ1n) is 8.27. The fourth-order valence-corrected chi connectivity index (χ4v) is 2.83. The molecule has 1 aromatic heterocycles. The van der Waals surface area contributed by atoms with Crippen molar-refractivity contribution >= 4 is 0 Å². The maximum Gasteiger partial charge on any atom is 0.275 e. The van der Waals surface area contributed by atoms with E-state index in [0.29, 0.717) is 0 Å². The molecule has 3 rings (SSSR count). The van der Waals surface area contributed by atoms with Crippen LogP contribution in [0.15, 0.2) is 53.3 Å². The predicted molar refractivity (Wildman–Crippen MR) is 100 cm³/mol. The average Bonchev–Trinajstić information content (AvgIpc) is 2.86. The highest BCUT2D eigenvalue weighted by molar-refractivity contribution is 5.80. The molecule has 124 valence electrons. The van der Waals surface area contributed by atoms with Crippen LogP contribution < -0.4 is 5.56 Å². The minimum Gasteiger partial charge on any atom is -0.294 e. The van der Waals surface area contributed by atoms with E-state index in [1.165, 1.54) is 11.1 Å². The summed E-state index contributed by atoms with van der Waals surface area (Å²) in [5, 5.41) is 3.34. The van der Waals surface area contributed by atoms with Gasteiger partial charge in [-0.3, -0.25) is 9.89 Å². The lowest BCUT2D eigenvalue weighted by Gasteiger charge is -2.19. The smallest absolute Gasteiger partial charge is 0.275 e. The molecule has 0 radical (unpaired) electrons. The molecule has 24 heavy (non-hydrogen) atoms. The van der Waals surface area contributed by atoms with Crippen molar-refractivity contribution in [3.63, 3.8) is 0 Å². The van der Waals surface area contributed by atoms with E-state index in [9.17, 15) is 4.79 Å². The first-order chi connectivity index (χ1) is 11.3. The Kier molecular flexibility index (Phi) is 3.96. The summed E-state index contributed by atoms with van der Waals surface area (Å²) in [6, 6.07) is 16.4. The first kappa shape index (κ1) is 16.3. The SMILES string of the molecule is Cc1ccc(-c2[nH]n(C(C)(C)C)c(=O)c2-c2ccc(C)cc2)cc1. The topological polar surface area (TPSA) is 37.8 Å². The largest absolute Gasteiger partial charge is 0.294 e. The van der Waals surface area contributed by atoms with Gasteiger partial charge in [0.15, 0.2) is 0 Å². The maximum absolute atomic E-state index is 13.1. The van der Waals surface area contributed by atoms with Gasteiger partial charge in [-0.1, -0.05) is 59.7 Å². The molecule has 0 unspecified atom stereocenters. The summed E-state index contributed by atoms with van der Waals surface area (Å²) < 4.78 is 1.72. The third-order valence-corrected chi connectivity index (χ3v) is 4.24. The number of benzene rings is 2. The number of nitrogens with zero attached hydrogens (tertiary/aromatic N) is 1. The van der Waals surface area contributed by atoms with Crippen molar-refractivity contribution in [2.45, 2.75) is 40.2 Å². The maximum atomic E-state index is 13.1. The van der Waals surface area contributed by atoms with Crippen molar-refractivity contribution in [2.24, 2.45) is 0 Å². The molecule has 3 nitrogen and oxygen atoms in total. The first-order valence-corrected chi connectivity index (χ1v) is 8.27. The summed E-state index contributed by atoms with van der Waals surface area (Å²) in [6.07, 6.45) is 0. The van der Waals surface area contributed by atoms with Crippen molar-refractivity contribution in [3.05, 3.63) is 70.0 Å². The number of hydrogen-bond donors (Lipinski definition) is 1. The lowest BCUT2D eigenvalue weighted by atomic mass is 10.00. The molecule has 3 aromatic rings. The second-order valence-electron chi connectivity index (χ2n) is 7.41. The predicted octanol–water partition coefficient (Wildman–Crippen LogP) is 4.88. The Hall–Kier alpha value is -2.55. The fraction of sp³-hybridized carbons (Fsp3) is 0.286. The van der Waals surface area contributed by atoms with Crippen LogP contribution in [-0.2, 0) is 5.54 Å². The summed E-state index contributed by atoms with van der Waals surface area (Å²) in [5.74, 6) is 0. The van der Waals surface area contributed by atoms with Crippen LogP contribution in [0.25, 0.3) is 22.4 Å². The van der Waals surface area contributed by atoms with Crippen LogP contribution in [0, 0.1) is 13.8 Å². The molecule has 1 N–H and O–H groups in total. The molecule has 0 aliphatic rings. The van der Waals surface area contributed by atoms with Crippen LogP contribution in [-0.4, -0.2) is 9.78 Å². The van der Waals surface area contributed by atoms with Gasteiger partial charge < -0.3 is 0 Å². The Morgan fingerprint density at radius 3 is 1.71 bits per heavy atom. The number of rotatable bonds is 2. The molecule has 0 aliphatic heterocycles. The van der Waals surface area contributed by atoms with E-state index < -0.39 is 0 Å². The molecule has 0 spiro atoms. The molecule has 0 saturated heterocycles. The van der Waals surface area contributed by atoms with Crippen molar-refractivity contribution in [2.75, 3.05) is 0 Å². The Morgan fingerprint density at radius 1 is 0.792 bits per heavy atom. The van der Waals surface area contributed by atoms with E-state index in [-0.39, 0.29) is 11.1 Å². The fourth-order valence-electron chi connectivity index (χ4n) is 2.83. The van der Waals surface area contributed by atoms with Gasteiger partial charge in [0.1, 0.15) is 0 Å². The van der Waals surface area contributed by atoms with E-state index in [1.807, 2.05) is 45.0 Å². The van der Waals surface area contributed by atoms with Crippen molar-refractivity contribution in [1.29, 1.82) is 0 Å². The summed E-state index contributed by atoms with van der Waals surface area (Å²) in [5.41, 5.74) is 5.67. The van der Waals surface area contributed by atoms with Crippen LogP contribution in [0.2, 0.25) is 0 Å². The van der Waals surface area contributed by atoms with Gasteiger partial charge in [0.25, 0.3) is 5.56 Å². The molecule has 0 atom stereocenters. The number of aromatic amines is 1. The van der Waals surface area contributed by atoms with Crippen LogP contribution in [0.4, 0.5) is 0 Å². The Morgan fingerprint density at radius 2 is 1.25 bits per heavy atom. The third kappa shape index (κ3) is 2.94. The molecule has 1 heterocycles. The number of aryl methyl sites for hydroxylation is 2. The number of hydrogen-bond acceptors (Lipinski definition) is 1. The molecule has 0 saturated carbocycles. The van der Waals surface area contributed by atoms with Gasteiger partial charge in [-0.2, -0.15) is 0 Å². The van der Waals surface area contributed by atoms with Gasteiger partial charge in [0.2, 0.25) is 0 Å². The Labute approximate surface area is 143 Å². The minimum absolute atomic E-state index is 0.0157. The highest BCUT2D eigenvalue weighted by atomic mass is 16.1. The minimum atomic E-state index is -0.306. The molecule has 0 bridgehead atoms. The molecule has 0 fully saturated rings. The van der Waals surface area contributed by atoms with Crippen LogP contribution in [0.5, 0.6) is 0 Å². The van der Waals surface area contributed by atoms with Gasteiger partial charge in [0, 0.05) is 5.56 Å². The van der Waals surface area contributed by atoms with Crippen LogP contribution >= 0.6 is 0 Å². The van der Waals surface area contributed by atoms with Crippen molar-refractivity contribution in [1.82, 2.24) is 9.78 Å². The molecular weight excluding hydrogens is 296 g/mol. The van der Waals surface area contributed by atoms with Crippen LogP contribution in [0.1, 0.15) is 31.9 Å². The van der Waals surface area contributed by atoms with E-state index in [4.69, 9.17) is 0 Å². The zero-order chi connectivity index (χ0) is 17.5. The average molecular weight is 320 g/mol. The van der Waals surface area contributed by atoms with Gasteiger partial charge in [-0.25, -0.2) is 4.68 Å². The molecule has 0 amide bonds. The van der Waals surface area contributed by atoms with E-state index in [0.717, 1.165) is 22.4 Å².